The van der Waals surface area contributed by atoms with Crippen LogP contribution in [0.1, 0.15) is 49.9 Å². The van der Waals surface area contributed by atoms with Gasteiger partial charge in [0.15, 0.2) is 20.4 Å². The second kappa shape index (κ2) is 17.7. The van der Waals surface area contributed by atoms with Crippen molar-refractivity contribution in [2.24, 2.45) is 0 Å². The summed E-state index contributed by atoms with van der Waals surface area (Å²) < 4.78 is 25.3. The number of carbonyl (C=O) groups is 4. The SMILES string of the molecule is CCN(CC)CCOC(=O)c1ccc(NC(=O)OCOCOCOC(=O)CCCC[C@H]2SCC3NC(=O)NC32)cc1. The molecular formula is C27H40N4O9S. The molecule has 0 bridgehead atoms. The van der Waals surface area contributed by atoms with E-state index >= 15 is 0 Å². The predicted molar refractivity (Wildman–Crippen MR) is 151 cm³/mol. The average molecular weight is 597 g/mol. The third kappa shape index (κ3) is 11.4. The largest absolute Gasteiger partial charge is 0.461 e. The summed E-state index contributed by atoms with van der Waals surface area (Å²) in [6.07, 6.45) is 2.02. The highest BCUT2D eigenvalue weighted by Crippen LogP contribution is 2.33. The molecule has 3 N–H and O–H groups in total. The zero-order valence-corrected chi connectivity index (χ0v) is 24.4. The minimum atomic E-state index is -0.746. The van der Waals surface area contributed by atoms with E-state index in [4.69, 9.17) is 23.7 Å². The number of esters is 2. The van der Waals surface area contributed by atoms with Crippen LogP contribution in [-0.2, 0) is 28.5 Å². The summed E-state index contributed by atoms with van der Waals surface area (Å²) >= 11 is 1.85. The number of amides is 3. The van der Waals surface area contributed by atoms with Crippen LogP contribution >= 0.6 is 11.8 Å². The van der Waals surface area contributed by atoms with Crippen LogP contribution in [0, 0.1) is 0 Å². The van der Waals surface area contributed by atoms with Crippen LogP contribution in [0.15, 0.2) is 24.3 Å². The lowest BCUT2D eigenvalue weighted by molar-refractivity contribution is -0.176. The topological polar surface area (TPSA) is 154 Å². The molecule has 2 unspecified atom stereocenters. The Balaban J connectivity index is 1.15. The van der Waals surface area contributed by atoms with E-state index < -0.39 is 12.1 Å². The molecular weight excluding hydrogens is 556 g/mol. The van der Waals surface area contributed by atoms with Gasteiger partial charge in [-0.25, -0.2) is 14.4 Å². The monoisotopic (exact) mass is 596 g/mol. The number of urea groups is 1. The molecule has 13 nitrogen and oxygen atoms in total. The third-order valence-corrected chi connectivity index (χ3v) is 8.21. The van der Waals surface area contributed by atoms with Crippen LogP contribution in [0.3, 0.4) is 0 Å². The Morgan fingerprint density at radius 1 is 0.976 bits per heavy atom. The van der Waals surface area contributed by atoms with E-state index in [1.807, 2.05) is 11.8 Å². The lowest BCUT2D eigenvalue weighted by Gasteiger charge is -2.17. The molecule has 2 aliphatic heterocycles. The van der Waals surface area contributed by atoms with E-state index in [0.29, 0.717) is 36.1 Å². The summed E-state index contributed by atoms with van der Waals surface area (Å²) in [5, 5.41) is 8.76. The van der Waals surface area contributed by atoms with Gasteiger partial charge in [-0.15, -0.1) is 0 Å². The minimum Gasteiger partial charge on any atom is -0.461 e. The number of hydrogen-bond acceptors (Lipinski definition) is 11. The highest BCUT2D eigenvalue weighted by Gasteiger charge is 2.42. The fourth-order valence-electron chi connectivity index (χ4n) is 4.39. The second-order valence-electron chi connectivity index (χ2n) is 9.44. The summed E-state index contributed by atoms with van der Waals surface area (Å²) in [6, 6.07) is 6.50. The highest BCUT2D eigenvalue weighted by atomic mass is 32.2. The van der Waals surface area contributed by atoms with Crippen LogP contribution < -0.4 is 16.0 Å². The Morgan fingerprint density at radius 2 is 1.71 bits per heavy atom. The first-order chi connectivity index (χ1) is 19.9. The summed E-state index contributed by atoms with van der Waals surface area (Å²) in [4.78, 5) is 49.5. The van der Waals surface area contributed by atoms with Gasteiger partial charge in [0.25, 0.3) is 0 Å². The van der Waals surface area contributed by atoms with Crippen LogP contribution in [-0.4, -0.2) is 98.7 Å². The molecule has 1 aromatic carbocycles. The first-order valence-electron chi connectivity index (χ1n) is 13.8. The van der Waals surface area contributed by atoms with Crippen molar-refractivity contribution in [3.63, 3.8) is 0 Å². The van der Waals surface area contributed by atoms with Crippen molar-refractivity contribution in [3.8, 4) is 0 Å². The van der Waals surface area contributed by atoms with Gasteiger partial charge < -0.3 is 39.2 Å². The smallest absolute Gasteiger partial charge is 0.413 e. The van der Waals surface area contributed by atoms with Gasteiger partial charge in [0, 0.05) is 29.7 Å². The van der Waals surface area contributed by atoms with Crippen molar-refractivity contribution >= 4 is 41.5 Å². The minimum absolute atomic E-state index is 0.100. The molecule has 41 heavy (non-hydrogen) atoms. The predicted octanol–water partition coefficient (Wildman–Crippen LogP) is 2.91. The van der Waals surface area contributed by atoms with E-state index in [2.05, 4.69) is 34.7 Å². The molecule has 228 valence electrons. The fraction of sp³-hybridized carbons (Fsp3) is 0.630. The van der Waals surface area contributed by atoms with Crippen LogP contribution in [0.5, 0.6) is 0 Å². The zero-order valence-electron chi connectivity index (χ0n) is 23.6. The average Bonchev–Trinajstić information content (AvgIpc) is 3.52. The van der Waals surface area contributed by atoms with Gasteiger partial charge in [0.2, 0.25) is 0 Å². The Kier molecular flexibility index (Phi) is 14.0. The van der Waals surface area contributed by atoms with Crippen molar-refractivity contribution in [1.29, 1.82) is 0 Å². The van der Waals surface area contributed by atoms with Crippen molar-refractivity contribution in [2.45, 2.75) is 56.9 Å². The van der Waals surface area contributed by atoms with Gasteiger partial charge in [0.05, 0.1) is 17.6 Å². The quantitative estimate of drug-likeness (QED) is 0.0754. The molecule has 3 rings (SSSR count). The molecule has 0 radical (unpaired) electrons. The van der Waals surface area contributed by atoms with Gasteiger partial charge in [0.1, 0.15) is 6.61 Å². The Morgan fingerprint density at radius 3 is 2.44 bits per heavy atom. The first-order valence-corrected chi connectivity index (χ1v) is 14.9. The number of thioether (sulfide) groups is 1. The maximum atomic E-state index is 12.1. The number of benzene rings is 1. The van der Waals surface area contributed by atoms with Gasteiger partial charge >= 0.3 is 24.1 Å². The fourth-order valence-corrected chi connectivity index (χ4v) is 5.94. The normalized spacial score (nSPS) is 19.3. The summed E-state index contributed by atoms with van der Waals surface area (Å²) in [6.45, 7) is 6.00. The molecule has 2 saturated heterocycles. The Bertz CT molecular complexity index is 994. The summed E-state index contributed by atoms with van der Waals surface area (Å²) in [5.41, 5.74) is 0.815. The molecule has 0 aromatic heterocycles. The van der Waals surface area contributed by atoms with Crippen LogP contribution in [0.2, 0.25) is 0 Å². The Hall–Kier alpha value is -3.07. The summed E-state index contributed by atoms with van der Waals surface area (Å²) in [7, 11) is 0. The molecule has 2 fully saturated rings. The van der Waals surface area contributed by atoms with Crippen molar-refractivity contribution in [2.75, 3.05) is 57.7 Å². The van der Waals surface area contributed by atoms with E-state index in [0.717, 1.165) is 31.7 Å². The lowest BCUT2D eigenvalue weighted by atomic mass is 10.0. The number of ether oxygens (including phenoxy) is 5. The van der Waals surface area contributed by atoms with E-state index in [1.165, 1.54) is 0 Å². The van der Waals surface area contributed by atoms with Gasteiger partial charge in [-0.3, -0.25) is 10.1 Å². The van der Waals surface area contributed by atoms with E-state index in [-0.39, 0.29) is 50.9 Å². The number of unbranched alkanes of at least 4 members (excludes halogenated alkanes) is 1. The maximum Gasteiger partial charge on any atom is 0.413 e. The first kappa shape index (κ1) is 32.4. The zero-order chi connectivity index (χ0) is 29.5. The van der Waals surface area contributed by atoms with E-state index in [1.54, 1.807) is 24.3 Å². The highest BCUT2D eigenvalue weighted by molar-refractivity contribution is 8.00. The number of anilines is 1. The number of carbonyl (C=O) groups excluding carboxylic acids is 4. The van der Waals surface area contributed by atoms with Crippen molar-refractivity contribution in [3.05, 3.63) is 29.8 Å². The maximum absolute atomic E-state index is 12.1. The van der Waals surface area contributed by atoms with E-state index in [9.17, 15) is 19.2 Å². The molecule has 0 aliphatic carbocycles. The summed E-state index contributed by atoms with van der Waals surface area (Å²) in [5.74, 6) is 0.115. The standard InChI is InChI=1S/C27H40N4O9S/c1-3-31(4-2)13-14-38-25(33)19-9-11-20(12-10-19)28-27(35)40-18-37-16-36-17-39-23(32)8-6-5-7-22-24-21(15-41-22)29-26(34)30-24/h9-12,21-22,24H,3-8,13-18H2,1-2H3,(H,28,35)(H2,29,30,34)/t21?,22-,24?/m1/s1. The Labute approximate surface area is 244 Å². The molecule has 14 heteroatoms. The molecule has 3 atom stereocenters. The lowest BCUT2D eigenvalue weighted by Crippen LogP contribution is -2.36. The molecule has 0 saturated carbocycles. The second-order valence-corrected chi connectivity index (χ2v) is 10.7. The molecule has 2 aliphatic rings. The molecule has 2 heterocycles. The number of nitrogens with one attached hydrogen (secondary N) is 3. The van der Waals surface area contributed by atoms with Gasteiger partial charge in [-0.1, -0.05) is 20.3 Å². The molecule has 3 amide bonds. The molecule has 1 aromatic rings. The van der Waals surface area contributed by atoms with Crippen LogP contribution in [0.25, 0.3) is 0 Å². The van der Waals surface area contributed by atoms with Gasteiger partial charge in [-0.2, -0.15) is 11.8 Å². The number of rotatable bonds is 18. The van der Waals surface area contributed by atoms with Crippen molar-refractivity contribution < 1.29 is 42.9 Å². The molecule has 0 spiro atoms. The van der Waals surface area contributed by atoms with Crippen LogP contribution in [0.4, 0.5) is 15.3 Å². The van der Waals surface area contributed by atoms with Crippen molar-refractivity contribution in [1.82, 2.24) is 15.5 Å². The number of fused-ring (bicyclic) bond motifs is 1. The number of nitrogens with zero attached hydrogens (tertiary/aromatic N) is 1. The third-order valence-electron chi connectivity index (χ3n) is 6.70. The van der Waals surface area contributed by atoms with Gasteiger partial charge in [-0.05, 0) is 50.2 Å². The number of hydrogen-bond donors (Lipinski definition) is 3. The number of likely N-dealkylation sites (N-methyl/N-ethyl adjacent to an activating group) is 1.